The number of benzene rings is 1. The lowest BCUT2D eigenvalue weighted by atomic mass is 10.1. The Bertz CT molecular complexity index is 453. The third-order valence-corrected chi connectivity index (χ3v) is 4.03. The maximum atomic E-state index is 12.8. The van der Waals surface area contributed by atoms with E-state index < -0.39 is 0 Å². The maximum Gasteiger partial charge on any atom is 0.238 e. The molecule has 1 N–H and O–H groups in total. The van der Waals surface area contributed by atoms with Crippen molar-refractivity contribution in [1.29, 1.82) is 0 Å². The van der Waals surface area contributed by atoms with Crippen LogP contribution in [-0.2, 0) is 4.79 Å². The third kappa shape index (κ3) is 2.69. The molecule has 1 aromatic rings. The molecular formula is C13H14FNOS. The molecular weight excluding hydrogens is 237 g/mol. The summed E-state index contributed by atoms with van der Waals surface area (Å²) in [5, 5.41) is 4.75. The summed E-state index contributed by atoms with van der Waals surface area (Å²) in [7, 11) is 0. The molecule has 1 atom stereocenters. The number of amides is 1. The fourth-order valence-electron chi connectivity index (χ4n) is 1.67. The number of thioether (sulfide) groups is 1. The van der Waals surface area contributed by atoms with E-state index in [0.29, 0.717) is 5.92 Å². The van der Waals surface area contributed by atoms with E-state index >= 15 is 0 Å². The molecule has 0 spiro atoms. The molecule has 1 aliphatic heterocycles. The van der Waals surface area contributed by atoms with Gasteiger partial charge in [-0.25, -0.2) is 4.39 Å². The summed E-state index contributed by atoms with van der Waals surface area (Å²) < 4.78 is 12.8. The minimum atomic E-state index is -0.274. The van der Waals surface area contributed by atoms with Crippen molar-refractivity contribution >= 4 is 23.4 Å². The Hall–Kier alpha value is -1.29. The Labute approximate surface area is 104 Å². The Morgan fingerprint density at radius 1 is 1.29 bits per heavy atom. The second kappa shape index (κ2) is 4.92. The molecule has 0 aliphatic carbocycles. The van der Waals surface area contributed by atoms with E-state index in [4.69, 9.17) is 0 Å². The van der Waals surface area contributed by atoms with Crippen molar-refractivity contribution < 1.29 is 9.18 Å². The Morgan fingerprint density at radius 3 is 2.47 bits per heavy atom. The smallest absolute Gasteiger partial charge is 0.238 e. The van der Waals surface area contributed by atoms with E-state index in [0.717, 1.165) is 11.3 Å². The number of nitrogens with one attached hydrogen (secondary N) is 1. The van der Waals surface area contributed by atoms with Crippen molar-refractivity contribution in [3.8, 4) is 0 Å². The predicted octanol–water partition coefficient (Wildman–Crippen LogP) is 3.01. The molecule has 0 fully saturated rings. The Kier molecular flexibility index (Phi) is 3.52. The number of hydrogen-bond donors (Lipinski definition) is 1. The molecule has 0 saturated carbocycles. The summed E-state index contributed by atoms with van der Waals surface area (Å²) in [6.07, 6.45) is 0. The van der Waals surface area contributed by atoms with Crippen LogP contribution in [0.4, 0.5) is 4.39 Å². The largest absolute Gasteiger partial charge is 0.324 e. The zero-order valence-corrected chi connectivity index (χ0v) is 10.6. The highest BCUT2D eigenvalue weighted by molar-refractivity contribution is 8.03. The lowest BCUT2D eigenvalue weighted by molar-refractivity contribution is -0.120. The second-order valence-electron chi connectivity index (χ2n) is 4.33. The van der Waals surface area contributed by atoms with Crippen LogP contribution in [0.1, 0.15) is 19.4 Å². The number of hydrogen-bond acceptors (Lipinski definition) is 2. The van der Waals surface area contributed by atoms with Crippen LogP contribution in [0.5, 0.6) is 0 Å². The molecule has 17 heavy (non-hydrogen) atoms. The van der Waals surface area contributed by atoms with E-state index in [1.807, 2.05) is 19.3 Å². The average Bonchev–Trinajstić information content (AvgIpc) is 2.29. The fourth-order valence-corrected chi connectivity index (χ4v) is 2.64. The molecule has 2 rings (SSSR count). The van der Waals surface area contributed by atoms with Crippen molar-refractivity contribution in [2.24, 2.45) is 5.92 Å². The van der Waals surface area contributed by atoms with Crippen molar-refractivity contribution in [3.63, 3.8) is 0 Å². The van der Waals surface area contributed by atoms with E-state index in [1.54, 1.807) is 12.1 Å². The van der Waals surface area contributed by atoms with E-state index in [2.05, 4.69) is 5.32 Å². The van der Waals surface area contributed by atoms with Crippen molar-refractivity contribution in [1.82, 2.24) is 5.32 Å². The minimum Gasteiger partial charge on any atom is -0.324 e. The molecule has 1 heterocycles. The minimum absolute atomic E-state index is 0.0202. The standard InChI is InChI=1S/C13H14FNOS/c1-8(2)12-13(16)15-11(7-17-12)9-3-5-10(14)6-4-9/h3-8,12H,1-2H3,(H,15,16). The van der Waals surface area contributed by atoms with Crippen LogP contribution in [0, 0.1) is 11.7 Å². The van der Waals surface area contributed by atoms with Gasteiger partial charge in [-0.2, -0.15) is 0 Å². The lowest BCUT2D eigenvalue weighted by Crippen LogP contribution is -2.37. The number of carbonyl (C=O) groups is 1. The van der Waals surface area contributed by atoms with Gasteiger partial charge >= 0.3 is 0 Å². The molecule has 0 saturated heterocycles. The van der Waals surface area contributed by atoms with Crippen LogP contribution in [0.2, 0.25) is 0 Å². The SMILES string of the molecule is CC(C)C1SC=C(c2ccc(F)cc2)NC1=O. The molecule has 0 bridgehead atoms. The molecule has 4 heteroatoms. The molecule has 1 aliphatic rings. The Balaban J connectivity index is 2.20. The first-order valence-corrected chi connectivity index (χ1v) is 6.44. The van der Waals surface area contributed by atoms with Gasteiger partial charge in [0.2, 0.25) is 5.91 Å². The summed E-state index contributed by atoms with van der Waals surface area (Å²) in [6, 6.07) is 6.11. The first kappa shape index (κ1) is 12.2. The highest BCUT2D eigenvalue weighted by Gasteiger charge is 2.26. The van der Waals surface area contributed by atoms with Gasteiger partial charge in [-0.05, 0) is 41.2 Å². The highest BCUT2D eigenvalue weighted by atomic mass is 32.2. The molecule has 0 radical (unpaired) electrons. The zero-order chi connectivity index (χ0) is 12.4. The highest BCUT2D eigenvalue weighted by Crippen LogP contribution is 2.29. The quantitative estimate of drug-likeness (QED) is 0.875. The van der Waals surface area contributed by atoms with E-state index in [9.17, 15) is 9.18 Å². The van der Waals surface area contributed by atoms with Gasteiger partial charge in [-0.1, -0.05) is 13.8 Å². The molecule has 90 valence electrons. The maximum absolute atomic E-state index is 12.8. The molecule has 1 amide bonds. The lowest BCUT2D eigenvalue weighted by Gasteiger charge is -2.24. The molecule has 2 nitrogen and oxygen atoms in total. The average molecular weight is 251 g/mol. The first-order valence-electron chi connectivity index (χ1n) is 5.50. The van der Waals surface area contributed by atoms with Crippen molar-refractivity contribution in [2.75, 3.05) is 0 Å². The summed E-state index contributed by atoms with van der Waals surface area (Å²) in [5.41, 5.74) is 1.58. The van der Waals surface area contributed by atoms with Crippen LogP contribution in [0.25, 0.3) is 5.70 Å². The van der Waals surface area contributed by atoms with Crippen LogP contribution in [0.15, 0.2) is 29.7 Å². The van der Waals surface area contributed by atoms with Crippen LogP contribution < -0.4 is 5.32 Å². The zero-order valence-electron chi connectivity index (χ0n) is 9.74. The molecule has 1 aromatic carbocycles. The molecule has 1 unspecified atom stereocenters. The third-order valence-electron chi connectivity index (χ3n) is 2.61. The first-order chi connectivity index (χ1) is 8.08. The van der Waals surface area contributed by atoms with Gasteiger partial charge in [0.05, 0.1) is 10.9 Å². The second-order valence-corrected chi connectivity index (χ2v) is 5.34. The van der Waals surface area contributed by atoms with Gasteiger partial charge in [-0.15, -0.1) is 11.8 Å². The number of halogens is 1. The van der Waals surface area contributed by atoms with Gasteiger partial charge in [0.25, 0.3) is 0 Å². The van der Waals surface area contributed by atoms with Crippen LogP contribution in [-0.4, -0.2) is 11.2 Å². The molecule has 0 aromatic heterocycles. The number of carbonyl (C=O) groups excluding carboxylic acids is 1. The van der Waals surface area contributed by atoms with Crippen molar-refractivity contribution in [2.45, 2.75) is 19.1 Å². The van der Waals surface area contributed by atoms with Gasteiger partial charge < -0.3 is 5.32 Å². The Morgan fingerprint density at radius 2 is 1.94 bits per heavy atom. The van der Waals surface area contributed by atoms with Gasteiger partial charge in [-0.3, -0.25) is 4.79 Å². The van der Waals surface area contributed by atoms with E-state index in [-0.39, 0.29) is 17.0 Å². The van der Waals surface area contributed by atoms with Gasteiger partial charge in [0, 0.05) is 0 Å². The van der Waals surface area contributed by atoms with Crippen LogP contribution >= 0.6 is 11.8 Å². The summed E-state index contributed by atoms with van der Waals surface area (Å²) in [6.45, 7) is 4.04. The van der Waals surface area contributed by atoms with Gasteiger partial charge in [0.15, 0.2) is 0 Å². The summed E-state index contributed by atoms with van der Waals surface area (Å²) >= 11 is 1.52. The summed E-state index contributed by atoms with van der Waals surface area (Å²) in [4.78, 5) is 11.8. The van der Waals surface area contributed by atoms with Crippen LogP contribution in [0.3, 0.4) is 0 Å². The van der Waals surface area contributed by atoms with Crippen molar-refractivity contribution in [3.05, 3.63) is 41.1 Å². The summed E-state index contributed by atoms with van der Waals surface area (Å²) in [5.74, 6) is 0.0436. The predicted molar refractivity (Wildman–Crippen MR) is 68.7 cm³/mol. The monoisotopic (exact) mass is 251 g/mol. The number of rotatable bonds is 2. The normalized spacial score (nSPS) is 20.1. The topological polar surface area (TPSA) is 29.1 Å². The van der Waals surface area contributed by atoms with Gasteiger partial charge in [0.1, 0.15) is 5.82 Å². The fraction of sp³-hybridized carbons (Fsp3) is 0.308. The van der Waals surface area contributed by atoms with E-state index in [1.165, 1.54) is 23.9 Å².